The molecule has 1 aliphatic rings. The third-order valence-corrected chi connectivity index (χ3v) is 5.26. The number of aromatic nitrogens is 2. The van der Waals surface area contributed by atoms with E-state index in [0.717, 1.165) is 49.4 Å². The Kier molecular flexibility index (Phi) is 5.76. The fourth-order valence-corrected chi connectivity index (χ4v) is 3.82. The summed E-state index contributed by atoms with van der Waals surface area (Å²) in [7, 11) is 0. The summed E-state index contributed by atoms with van der Waals surface area (Å²) in [6.07, 6.45) is 5.23. The van der Waals surface area contributed by atoms with Crippen LogP contribution in [-0.4, -0.2) is 33.7 Å². The zero-order valence-corrected chi connectivity index (χ0v) is 16.5. The van der Waals surface area contributed by atoms with Crippen molar-refractivity contribution in [1.29, 1.82) is 0 Å². The molecular weight excluding hydrogens is 371 g/mol. The topological polar surface area (TPSA) is 63.3 Å². The van der Waals surface area contributed by atoms with Crippen molar-refractivity contribution in [3.05, 3.63) is 76.8 Å². The van der Waals surface area contributed by atoms with Crippen LogP contribution in [0.15, 0.2) is 47.1 Å². The largest absolute Gasteiger partial charge is 0.465 e. The fourth-order valence-electron chi connectivity index (χ4n) is 3.82. The minimum Gasteiger partial charge on any atom is -0.465 e. The molecule has 0 saturated carbocycles. The second-order valence-corrected chi connectivity index (χ2v) is 7.40. The standard InChI is InChI=1S/C22H25FN4O2/c1-16-21(22(28)24-9-2-11-27-12-3-10-25-27)19-15-26(13-8-20(19)29-16)14-17-4-6-18(23)7-5-17/h3-7,10,12H,2,8-9,11,13-15H2,1H3,(H,24,28). The number of halogens is 1. The van der Waals surface area contributed by atoms with Gasteiger partial charge in [-0.05, 0) is 37.1 Å². The Morgan fingerprint density at radius 1 is 1.31 bits per heavy atom. The number of amides is 1. The number of nitrogens with zero attached hydrogens (tertiary/aromatic N) is 3. The maximum Gasteiger partial charge on any atom is 0.255 e. The molecule has 29 heavy (non-hydrogen) atoms. The van der Waals surface area contributed by atoms with Gasteiger partial charge in [0.1, 0.15) is 17.3 Å². The molecule has 1 N–H and O–H groups in total. The Balaban J connectivity index is 1.38. The van der Waals surface area contributed by atoms with E-state index in [9.17, 15) is 9.18 Å². The highest BCUT2D eigenvalue weighted by Crippen LogP contribution is 2.29. The molecule has 1 aromatic carbocycles. The maximum absolute atomic E-state index is 13.1. The monoisotopic (exact) mass is 396 g/mol. The Labute approximate surface area is 169 Å². The first kappa shape index (κ1) is 19.4. The summed E-state index contributed by atoms with van der Waals surface area (Å²) >= 11 is 0. The molecule has 4 rings (SSSR count). The van der Waals surface area contributed by atoms with Crippen molar-refractivity contribution in [2.45, 2.75) is 39.4 Å². The van der Waals surface area contributed by atoms with Crippen molar-refractivity contribution in [3.8, 4) is 0 Å². The van der Waals surface area contributed by atoms with Gasteiger partial charge >= 0.3 is 0 Å². The number of hydrogen-bond donors (Lipinski definition) is 1. The molecule has 0 aliphatic carbocycles. The van der Waals surface area contributed by atoms with Crippen molar-refractivity contribution < 1.29 is 13.6 Å². The van der Waals surface area contributed by atoms with Crippen molar-refractivity contribution in [1.82, 2.24) is 20.0 Å². The van der Waals surface area contributed by atoms with Crippen molar-refractivity contribution >= 4 is 5.91 Å². The zero-order valence-electron chi connectivity index (χ0n) is 16.5. The minimum atomic E-state index is -0.230. The van der Waals surface area contributed by atoms with Crippen LogP contribution in [0.25, 0.3) is 0 Å². The highest BCUT2D eigenvalue weighted by Gasteiger charge is 2.28. The molecule has 0 saturated heterocycles. The lowest BCUT2D eigenvalue weighted by atomic mass is 10.0. The van der Waals surface area contributed by atoms with Gasteiger partial charge in [0, 0.05) is 57.1 Å². The Hall–Kier alpha value is -2.93. The number of carbonyl (C=O) groups excluding carboxylic acids is 1. The molecule has 3 heterocycles. The quantitative estimate of drug-likeness (QED) is 0.623. The van der Waals surface area contributed by atoms with Gasteiger partial charge in [-0.1, -0.05) is 12.1 Å². The molecule has 152 valence electrons. The van der Waals surface area contributed by atoms with Crippen LogP contribution < -0.4 is 5.32 Å². The molecule has 7 heteroatoms. The average molecular weight is 396 g/mol. The van der Waals surface area contributed by atoms with Crippen LogP contribution >= 0.6 is 0 Å². The summed E-state index contributed by atoms with van der Waals surface area (Å²) in [5.41, 5.74) is 2.68. The average Bonchev–Trinajstić information content (AvgIpc) is 3.33. The number of furan rings is 1. The van der Waals surface area contributed by atoms with Crippen molar-refractivity contribution in [3.63, 3.8) is 0 Å². The van der Waals surface area contributed by atoms with Crippen molar-refractivity contribution in [2.75, 3.05) is 13.1 Å². The Morgan fingerprint density at radius 2 is 2.14 bits per heavy atom. The van der Waals surface area contributed by atoms with E-state index in [1.165, 1.54) is 12.1 Å². The van der Waals surface area contributed by atoms with E-state index in [-0.39, 0.29) is 11.7 Å². The van der Waals surface area contributed by atoms with Crippen molar-refractivity contribution in [2.24, 2.45) is 0 Å². The number of carbonyl (C=O) groups is 1. The van der Waals surface area contributed by atoms with E-state index < -0.39 is 0 Å². The van der Waals surface area contributed by atoms with E-state index in [1.807, 2.05) is 23.9 Å². The summed E-state index contributed by atoms with van der Waals surface area (Å²) in [6.45, 7) is 5.41. The molecule has 3 aromatic rings. The van der Waals surface area contributed by atoms with Gasteiger partial charge in [0.25, 0.3) is 5.91 Å². The SMILES string of the molecule is Cc1oc2c(c1C(=O)NCCCn1cccn1)CN(Cc1ccc(F)cc1)CC2. The predicted molar refractivity (Wildman–Crippen MR) is 107 cm³/mol. The van der Waals surface area contributed by atoms with Gasteiger partial charge in [0.05, 0.1) is 5.56 Å². The van der Waals surface area contributed by atoms with Crippen LogP contribution in [-0.2, 0) is 26.1 Å². The molecule has 2 aromatic heterocycles. The number of rotatable bonds is 7. The molecule has 0 fully saturated rings. The first-order chi connectivity index (χ1) is 14.1. The predicted octanol–water partition coefficient (Wildman–Crippen LogP) is 3.30. The number of aryl methyl sites for hydroxylation is 2. The van der Waals surface area contributed by atoms with Crippen LogP contribution in [0, 0.1) is 12.7 Å². The van der Waals surface area contributed by atoms with Crippen LogP contribution in [0.3, 0.4) is 0 Å². The molecule has 0 atom stereocenters. The second kappa shape index (κ2) is 8.61. The summed E-state index contributed by atoms with van der Waals surface area (Å²) in [4.78, 5) is 15.1. The van der Waals surface area contributed by atoms with Crippen LogP contribution in [0.2, 0.25) is 0 Å². The number of nitrogens with one attached hydrogen (secondary N) is 1. The smallest absolute Gasteiger partial charge is 0.255 e. The molecule has 1 amide bonds. The third kappa shape index (κ3) is 4.56. The van der Waals surface area contributed by atoms with Crippen LogP contribution in [0.4, 0.5) is 4.39 Å². The highest BCUT2D eigenvalue weighted by atomic mass is 19.1. The molecule has 6 nitrogen and oxygen atoms in total. The molecule has 0 bridgehead atoms. The summed E-state index contributed by atoms with van der Waals surface area (Å²) in [6, 6.07) is 8.46. The van der Waals surface area contributed by atoms with Gasteiger partial charge in [0.15, 0.2) is 0 Å². The van der Waals surface area contributed by atoms with E-state index in [4.69, 9.17) is 4.42 Å². The Morgan fingerprint density at radius 3 is 2.90 bits per heavy atom. The molecular formula is C22H25FN4O2. The zero-order chi connectivity index (χ0) is 20.2. The third-order valence-electron chi connectivity index (χ3n) is 5.26. The molecule has 0 unspecified atom stereocenters. The maximum atomic E-state index is 13.1. The lowest BCUT2D eigenvalue weighted by Crippen LogP contribution is -2.32. The highest BCUT2D eigenvalue weighted by molar-refractivity contribution is 5.97. The number of benzene rings is 1. The van der Waals surface area contributed by atoms with Crippen LogP contribution in [0.1, 0.15) is 39.4 Å². The minimum absolute atomic E-state index is 0.0865. The van der Waals surface area contributed by atoms with E-state index in [1.54, 1.807) is 18.3 Å². The lowest BCUT2D eigenvalue weighted by molar-refractivity contribution is 0.0949. The van der Waals surface area contributed by atoms with Gasteiger partial charge in [-0.25, -0.2) is 4.39 Å². The van der Waals surface area contributed by atoms with Crippen LogP contribution in [0.5, 0.6) is 0 Å². The summed E-state index contributed by atoms with van der Waals surface area (Å²) < 4.78 is 20.9. The van der Waals surface area contributed by atoms with Gasteiger partial charge in [-0.2, -0.15) is 5.10 Å². The van der Waals surface area contributed by atoms with Gasteiger partial charge in [0.2, 0.25) is 0 Å². The van der Waals surface area contributed by atoms with Gasteiger partial charge in [-0.15, -0.1) is 0 Å². The number of hydrogen-bond acceptors (Lipinski definition) is 4. The van der Waals surface area contributed by atoms with E-state index in [2.05, 4.69) is 15.3 Å². The summed E-state index contributed by atoms with van der Waals surface area (Å²) in [5, 5.41) is 7.17. The first-order valence-electron chi connectivity index (χ1n) is 9.93. The van der Waals surface area contributed by atoms with E-state index in [0.29, 0.717) is 24.4 Å². The van der Waals surface area contributed by atoms with Gasteiger partial charge in [-0.3, -0.25) is 14.4 Å². The van der Waals surface area contributed by atoms with Gasteiger partial charge < -0.3 is 9.73 Å². The number of fused-ring (bicyclic) bond motifs is 1. The molecule has 1 aliphatic heterocycles. The Bertz CT molecular complexity index is 964. The summed E-state index contributed by atoms with van der Waals surface area (Å²) in [5.74, 6) is 1.26. The second-order valence-electron chi connectivity index (χ2n) is 7.40. The first-order valence-corrected chi connectivity index (χ1v) is 9.93. The normalized spacial score (nSPS) is 14.0. The van der Waals surface area contributed by atoms with E-state index >= 15 is 0 Å². The lowest BCUT2D eigenvalue weighted by Gasteiger charge is -2.26. The molecule has 0 radical (unpaired) electrons. The molecule has 0 spiro atoms. The fraction of sp³-hybridized carbons (Fsp3) is 0.364.